The molecule has 3 N–H and O–H groups in total. The number of piperidine rings is 1. The van der Waals surface area contributed by atoms with Crippen LogP contribution in [0.3, 0.4) is 0 Å². The number of methoxy groups -OCH3 is 1. The standard InChI is InChI=1S/C27H28ClFN6O4/c1-14-16-5-4-6-21(23(16)26(37)35(14)2)39-25-18(28)13-31-27(34-25)33-20-12-19(29)17(11-22(20)38-3)24(36)32-15-7-9-30-10-8-15/h4-6,11-15,30H,7-10H2,1-3H3,(H,32,36)(H,31,33,34)/t14-/m0/s1. The Morgan fingerprint density at radius 2 is 2.00 bits per heavy atom. The van der Waals surface area contributed by atoms with Crippen molar-refractivity contribution in [2.45, 2.75) is 31.8 Å². The summed E-state index contributed by atoms with van der Waals surface area (Å²) in [4.78, 5) is 35.6. The Kier molecular flexibility index (Phi) is 7.53. The molecule has 0 bridgehead atoms. The van der Waals surface area contributed by atoms with Crippen molar-refractivity contribution in [3.8, 4) is 17.4 Å². The number of carbonyl (C=O) groups is 2. The van der Waals surface area contributed by atoms with E-state index in [1.54, 1.807) is 24.1 Å². The largest absolute Gasteiger partial charge is 0.495 e. The zero-order chi connectivity index (χ0) is 27.7. The highest BCUT2D eigenvalue weighted by Crippen LogP contribution is 2.40. The molecule has 1 atom stereocenters. The van der Waals surface area contributed by atoms with Gasteiger partial charge in [-0.05, 0) is 50.6 Å². The van der Waals surface area contributed by atoms with Gasteiger partial charge >= 0.3 is 0 Å². The SMILES string of the molecule is COc1cc(C(=O)NC2CCNCC2)c(F)cc1Nc1ncc(Cl)c(Oc2cccc3c2C(=O)N(C)[C@H]3C)n1. The molecule has 0 spiro atoms. The van der Waals surface area contributed by atoms with Crippen LogP contribution < -0.4 is 25.4 Å². The molecule has 2 amide bonds. The molecule has 204 valence electrons. The number of hydrogen-bond donors (Lipinski definition) is 3. The van der Waals surface area contributed by atoms with Gasteiger partial charge in [0, 0.05) is 19.2 Å². The molecule has 5 rings (SSSR count). The molecule has 2 aromatic carbocycles. The molecule has 2 aliphatic heterocycles. The number of aromatic nitrogens is 2. The maximum atomic E-state index is 15.0. The Labute approximate surface area is 229 Å². The summed E-state index contributed by atoms with van der Waals surface area (Å²) in [7, 11) is 3.14. The van der Waals surface area contributed by atoms with Crippen LogP contribution in [0.2, 0.25) is 5.02 Å². The van der Waals surface area contributed by atoms with Gasteiger partial charge in [-0.2, -0.15) is 4.98 Å². The van der Waals surface area contributed by atoms with Gasteiger partial charge in [0.15, 0.2) is 0 Å². The van der Waals surface area contributed by atoms with Gasteiger partial charge < -0.3 is 30.3 Å². The number of rotatable bonds is 7. The fourth-order valence-corrected chi connectivity index (χ4v) is 4.83. The van der Waals surface area contributed by atoms with Crippen LogP contribution in [0.1, 0.15) is 52.1 Å². The number of nitrogens with zero attached hydrogens (tertiary/aromatic N) is 3. The highest BCUT2D eigenvalue weighted by Gasteiger charge is 2.34. The topological polar surface area (TPSA) is 118 Å². The van der Waals surface area contributed by atoms with Crippen molar-refractivity contribution < 1.29 is 23.5 Å². The minimum atomic E-state index is -0.730. The van der Waals surface area contributed by atoms with E-state index in [-0.39, 0.29) is 51.8 Å². The van der Waals surface area contributed by atoms with Crippen LogP contribution >= 0.6 is 11.6 Å². The minimum absolute atomic E-state index is 0.00924. The van der Waals surface area contributed by atoms with E-state index in [1.807, 2.05) is 13.0 Å². The third-order valence-electron chi connectivity index (χ3n) is 7.00. The first kappa shape index (κ1) is 26.6. The number of fused-ring (bicyclic) bond motifs is 1. The number of hydrogen-bond acceptors (Lipinski definition) is 8. The second kappa shape index (κ2) is 11.0. The zero-order valence-corrected chi connectivity index (χ0v) is 22.4. The van der Waals surface area contributed by atoms with E-state index in [0.717, 1.165) is 37.6 Å². The van der Waals surface area contributed by atoms with E-state index in [9.17, 15) is 9.59 Å². The molecule has 2 aliphatic rings. The Bertz CT molecular complexity index is 1430. The molecule has 3 aromatic rings. The molecule has 0 radical (unpaired) electrons. The molecule has 1 saturated heterocycles. The van der Waals surface area contributed by atoms with Gasteiger partial charge in [-0.15, -0.1) is 0 Å². The number of halogens is 2. The number of carbonyl (C=O) groups excluding carboxylic acids is 2. The molecule has 0 aliphatic carbocycles. The molecule has 12 heteroatoms. The van der Waals surface area contributed by atoms with Crippen LogP contribution in [0.15, 0.2) is 36.5 Å². The molecule has 0 unspecified atom stereocenters. The van der Waals surface area contributed by atoms with Gasteiger partial charge in [0.1, 0.15) is 22.3 Å². The molecular formula is C27H28ClFN6O4. The van der Waals surface area contributed by atoms with Gasteiger partial charge in [0.25, 0.3) is 11.8 Å². The fraction of sp³-hybridized carbons (Fsp3) is 0.333. The number of anilines is 2. The van der Waals surface area contributed by atoms with Crippen molar-refractivity contribution in [3.63, 3.8) is 0 Å². The van der Waals surface area contributed by atoms with E-state index >= 15 is 4.39 Å². The Balaban J connectivity index is 1.38. The van der Waals surface area contributed by atoms with Crippen molar-refractivity contribution in [3.05, 3.63) is 64.1 Å². The lowest BCUT2D eigenvalue weighted by Crippen LogP contribution is -2.42. The first-order chi connectivity index (χ1) is 18.8. The second-order valence-electron chi connectivity index (χ2n) is 9.42. The van der Waals surface area contributed by atoms with E-state index < -0.39 is 11.7 Å². The number of nitrogens with one attached hydrogen (secondary N) is 3. The number of ether oxygens (including phenoxy) is 2. The van der Waals surface area contributed by atoms with Crippen molar-refractivity contribution in [2.24, 2.45) is 0 Å². The van der Waals surface area contributed by atoms with E-state index in [1.165, 1.54) is 19.4 Å². The van der Waals surface area contributed by atoms with Crippen LogP contribution in [0.4, 0.5) is 16.0 Å². The summed E-state index contributed by atoms with van der Waals surface area (Å²) in [6, 6.07) is 7.70. The lowest BCUT2D eigenvalue weighted by Gasteiger charge is -2.24. The van der Waals surface area contributed by atoms with Gasteiger partial charge in [-0.3, -0.25) is 9.59 Å². The molecular weight excluding hydrogens is 527 g/mol. The highest BCUT2D eigenvalue weighted by atomic mass is 35.5. The second-order valence-corrected chi connectivity index (χ2v) is 9.82. The van der Waals surface area contributed by atoms with Crippen LogP contribution in [-0.2, 0) is 0 Å². The summed E-state index contributed by atoms with van der Waals surface area (Å²) in [5.41, 5.74) is 1.36. The third kappa shape index (κ3) is 5.32. The van der Waals surface area contributed by atoms with Crippen LogP contribution in [-0.4, -0.2) is 60.0 Å². The van der Waals surface area contributed by atoms with E-state index in [4.69, 9.17) is 21.1 Å². The summed E-state index contributed by atoms with van der Waals surface area (Å²) < 4.78 is 26.4. The summed E-state index contributed by atoms with van der Waals surface area (Å²) in [5, 5.41) is 9.13. The molecule has 39 heavy (non-hydrogen) atoms. The van der Waals surface area contributed by atoms with Crippen molar-refractivity contribution in [1.82, 2.24) is 25.5 Å². The lowest BCUT2D eigenvalue weighted by molar-refractivity contribution is 0.0782. The van der Waals surface area contributed by atoms with E-state index in [0.29, 0.717) is 11.3 Å². The normalized spacial score (nSPS) is 17.1. The average Bonchev–Trinajstić information content (AvgIpc) is 3.15. The van der Waals surface area contributed by atoms with Crippen molar-refractivity contribution >= 4 is 35.1 Å². The number of benzene rings is 2. The Morgan fingerprint density at radius 3 is 2.74 bits per heavy atom. The zero-order valence-electron chi connectivity index (χ0n) is 21.7. The number of amides is 2. The first-order valence-electron chi connectivity index (χ1n) is 12.5. The summed E-state index contributed by atoms with van der Waals surface area (Å²) >= 11 is 6.31. The maximum Gasteiger partial charge on any atom is 0.258 e. The van der Waals surface area contributed by atoms with Gasteiger partial charge in [-0.1, -0.05) is 23.7 Å². The summed E-state index contributed by atoms with van der Waals surface area (Å²) in [5.74, 6) is -0.816. The lowest BCUT2D eigenvalue weighted by atomic mass is 10.1. The molecule has 3 heterocycles. The Hall–Kier alpha value is -3.96. The first-order valence-corrected chi connectivity index (χ1v) is 12.9. The minimum Gasteiger partial charge on any atom is -0.495 e. The monoisotopic (exact) mass is 554 g/mol. The predicted octanol–water partition coefficient (Wildman–Crippen LogP) is 4.44. The molecule has 10 nitrogen and oxygen atoms in total. The van der Waals surface area contributed by atoms with Crippen molar-refractivity contribution in [1.29, 1.82) is 0 Å². The van der Waals surface area contributed by atoms with Crippen LogP contribution in [0, 0.1) is 5.82 Å². The van der Waals surface area contributed by atoms with Crippen molar-refractivity contribution in [2.75, 3.05) is 32.6 Å². The summed E-state index contributed by atoms with van der Waals surface area (Å²) in [6.45, 7) is 3.53. The average molecular weight is 555 g/mol. The third-order valence-corrected chi connectivity index (χ3v) is 7.26. The molecule has 1 fully saturated rings. The Morgan fingerprint density at radius 1 is 1.23 bits per heavy atom. The van der Waals surface area contributed by atoms with Gasteiger partial charge in [0.2, 0.25) is 11.8 Å². The fourth-order valence-electron chi connectivity index (χ4n) is 4.70. The van der Waals surface area contributed by atoms with E-state index in [2.05, 4.69) is 25.9 Å². The maximum absolute atomic E-state index is 15.0. The smallest absolute Gasteiger partial charge is 0.258 e. The highest BCUT2D eigenvalue weighted by molar-refractivity contribution is 6.31. The van der Waals surface area contributed by atoms with Gasteiger partial charge in [-0.25, -0.2) is 9.37 Å². The molecule has 0 saturated carbocycles. The van der Waals surface area contributed by atoms with Crippen LogP contribution in [0.25, 0.3) is 0 Å². The predicted molar refractivity (Wildman–Crippen MR) is 144 cm³/mol. The summed E-state index contributed by atoms with van der Waals surface area (Å²) in [6.07, 6.45) is 2.88. The van der Waals surface area contributed by atoms with Crippen LogP contribution in [0.5, 0.6) is 17.4 Å². The van der Waals surface area contributed by atoms with Gasteiger partial charge in [0.05, 0.1) is 36.2 Å². The molecule has 1 aromatic heterocycles. The quantitative estimate of drug-likeness (QED) is 0.392.